The number of hydrogen-bond donors (Lipinski definition) is 2. The molecule has 1 atom stereocenters. The van der Waals surface area contributed by atoms with Crippen LogP contribution in [-0.2, 0) is 19.7 Å². The van der Waals surface area contributed by atoms with Gasteiger partial charge in [0.05, 0.1) is 30.7 Å². The van der Waals surface area contributed by atoms with Gasteiger partial charge in [-0.05, 0) is 73.8 Å². The van der Waals surface area contributed by atoms with Crippen LogP contribution in [0.3, 0.4) is 0 Å². The molecule has 2 N–H and O–H groups in total. The molecule has 12 heteroatoms. The summed E-state index contributed by atoms with van der Waals surface area (Å²) >= 11 is 0. The van der Waals surface area contributed by atoms with E-state index in [9.17, 15) is 23.2 Å². The van der Waals surface area contributed by atoms with Crippen LogP contribution in [0.2, 0.25) is 0 Å². The largest absolute Gasteiger partial charge is 0.466 e. The number of aromatic nitrogens is 1. The van der Waals surface area contributed by atoms with E-state index in [-0.39, 0.29) is 35.4 Å². The maximum absolute atomic E-state index is 14.3. The second kappa shape index (κ2) is 13.0. The Kier molecular flexibility index (Phi) is 8.83. The standard InChI is InChI=1S/C34H35F2N5O5/c1-45-20-27-28(31(42)46-2)29(21-10-11-25(35)26(36)19-21)41(33(44)39-27)32(43)38-15-6-16-40-17-12-34(13-18-40)24-9-4-3-7-22(24)23-8-5-14-37-30(23)34/h3-5,7-11,14,19,29H,6,12-13,15-18,20H2,1-2H3,(H,38,43)(H,39,44)/t29-/m0/s1. The Balaban J connectivity index is 1.12. The van der Waals surface area contributed by atoms with Crippen LogP contribution < -0.4 is 10.6 Å². The number of nitrogens with one attached hydrogen (secondary N) is 2. The lowest BCUT2D eigenvalue weighted by Gasteiger charge is -2.40. The zero-order valence-corrected chi connectivity index (χ0v) is 25.6. The molecule has 1 saturated heterocycles. The first-order valence-corrected chi connectivity index (χ1v) is 15.2. The van der Waals surface area contributed by atoms with Crippen molar-refractivity contribution in [2.24, 2.45) is 0 Å². The lowest BCUT2D eigenvalue weighted by atomic mass is 9.73. The third-order valence-electron chi connectivity index (χ3n) is 9.14. The summed E-state index contributed by atoms with van der Waals surface area (Å²) in [5.41, 5.74) is 4.78. The third-order valence-corrected chi connectivity index (χ3v) is 9.14. The molecule has 0 saturated carbocycles. The van der Waals surface area contributed by atoms with Crippen molar-refractivity contribution in [1.29, 1.82) is 0 Å². The molecule has 3 aliphatic rings. The molecule has 3 heterocycles. The van der Waals surface area contributed by atoms with Gasteiger partial charge in [-0.3, -0.25) is 4.98 Å². The Morgan fingerprint density at radius 1 is 1.04 bits per heavy atom. The Bertz CT molecular complexity index is 1660. The molecule has 1 aromatic heterocycles. The van der Waals surface area contributed by atoms with E-state index in [2.05, 4.69) is 45.9 Å². The van der Waals surface area contributed by atoms with Gasteiger partial charge in [0.1, 0.15) is 6.04 Å². The van der Waals surface area contributed by atoms with Crippen molar-refractivity contribution < 1.29 is 32.6 Å². The predicted molar refractivity (Wildman–Crippen MR) is 165 cm³/mol. The number of methoxy groups -OCH3 is 2. The molecule has 6 rings (SSSR count). The van der Waals surface area contributed by atoms with E-state index in [1.54, 1.807) is 0 Å². The maximum atomic E-state index is 14.3. The summed E-state index contributed by atoms with van der Waals surface area (Å²) < 4.78 is 38.2. The molecule has 4 amide bonds. The molecular formula is C34H35F2N5O5. The number of ether oxygens (including phenoxy) is 2. The average Bonchev–Trinajstić information content (AvgIpc) is 3.34. The third kappa shape index (κ3) is 5.51. The van der Waals surface area contributed by atoms with E-state index >= 15 is 0 Å². The van der Waals surface area contributed by atoms with Gasteiger partial charge in [-0.15, -0.1) is 0 Å². The van der Waals surface area contributed by atoms with Crippen LogP contribution in [0.5, 0.6) is 0 Å². The second-order valence-corrected chi connectivity index (χ2v) is 11.6. The minimum absolute atomic E-state index is 0.0182. The van der Waals surface area contributed by atoms with Crippen molar-refractivity contribution in [3.63, 3.8) is 0 Å². The highest BCUT2D eigenvalue weighted by atomic mass is 19.2. The van der Waals surface area contributed by atoms with Crippen LogP contribution in [0.4, 0.5) is 18.4 Å². The number of carbonyl (C=O) groups is 3. The Morgan fingerprint density at radius 2 is 1.80 bits per heavy atom. The van der Waals surface area contributed by atoms with Crippen molar-refractivity contribution in [3.05, 3.63) is 101 Å². The van der Waals surface area contributed by atoms with Gasteiger partial charge in [0, 0.05) is 30.8 Å². The molecule has 0 unspecified atom stereocenters. The first-order valence-electron chi connectivity index (χ1n) is 15.2. The summed E-state index contributed by atoms with van der Waals surface area (Å²) in [6, 6.07) is 12.6. The van der Waals surface area contributed by atoms with E-state index in [4.69, 9.17) is 14.5 Å². The monoisotopic (exact) mass is 631 g/mol. The number of piperidine rings is 1. The predicted octanol–water partition coefficient (Wildman–Crippen LogP) is 4.66. The Hall–Kier alpha value is -4.68. The van der Waals surface area contributed by atoms with Crippen LogP contribution >= 0.6 is 0 Å². The number of esters is 1. The maximum Gasteiger partial charge on any atom is 0.338 e. The van der Waals surface area contributed by atoms with Gasteiger partial charge in [0.25, 0.3) is 0 Å². The highest BCUT2D eigenvalue weighted by molar-refractivity contribution is 6.01. The van der Waals surface area contributed by atoms with Crippen molar-refractivity contribution >= 4 is 18.0 Å². The van der Waals surface area contributed by atoms with Gasteiger partial charge in [-0.2, -0.15) is 0 Å². The van der Waals surface area contributed by atoms with Crippen LogP contribution in [-0.4, -0.2) is 79.8 Å². The molecule has 46 heavy (non-hydrogen) atoms. The molecule has 3 aromatic rings. The van der Waals surface area contributed by atoms with E-state index in [1.165, 1.54) is 29.9 Å². The molecule has 2 aromatic carbocycles. The van der Waals surface area contributed by atoms with Gasteiger partial charge in [-0.1, -0.05) is 36.4 Å². The Labute approximate surface area is 265 Å². The molecule has 0 radical (unpaired) electrons. The number of likely N-dealkylation sites (tertiary alicyclic amines) is 1. The van der Waals surface area contributed by atoms with Crippen LogP contribution in [0.25, 0.3) is 11.1 Å². The number of imide groups is 1. The first kappa shape index (κ1) is 31.3. The summed E-state index contributed by atoms with van der Waals surface area (Å²) in [5, 5.41) is 5.28. The zero-order chi connectivity index (χ0) is 32.4. The summed E-state index contributed by atoms with van der Waals surface area (Å²) in [4.78, 5) is 47.6. The highest BCUT2D eigenvalue weighted by Crippen LogP contribution is 2.52. The summed E-state index contributed by atoms with van der Waals surface area (Å²) in [6.45, 7) is 2.50. The number of pyridine rings is 1. The van der Waals surface area contributed by atoms with E-state index in [1.807, 2.05) is 12.3 Å². The van der Waals surface area contributed by atoms with E-state index < -0.39 is 35.7 Å². The van der Waals surface area contributed by atoms with Crippen LogP contribution in [0.1, 0.15) is 42.1 Å². The fourth-order valence-corrected chi connectivity index (χ4v) is 6.99. The van der Waals surface area contributed by atoms with Gasteiger partial charge < -0.3 is 25.0 Å². The molecule has 240 valence electrons. The van der Waals surface area contributed by atoms with Gasteiger partial charge in [0.2, 0.25) is 0 Å². The van der Waals surface area contributed by atoms with Gasteiger partial charge in [-0.25, -0.2) is 28.1 Å². The topological polar surface area (TPSA) is 113 Å². The molecular weight excluding hydrogens is 596 g/mol. The normalized spacial score (nSPS) is 18.7. The SMILES string of the molecule is COCC1=C(C(=O)OC)[C@H](c2ccc(F)c(F)c2)N(C(=O)NCCCN2CCC3(CC2)c2ccccc2-c2cccnc23)C(=O)N1. The summed E-state index contributed by atoms with van der Waals surface area (Å²) in [5.74, 6) is -3.16. The lowest BCUT2D eigenvalue weighted by molar-refractivity contribution is -0.137. The molecule has 1 aliphatic carbocycles. The number of carbonyl (C=O) groups excluding carboxylic acids is 3. The number of benzene rings is 2. The fourth-order valence-electron chi connectivity index (χ4n) is 6.99. The highest BCUT2D eigenvalue weighted by Gasteiger charge is 2.46. The number of urea groups is 2. The minimum Gasteiger partial charge on any atom is -0.466 e. The number of halogens is 2. The number of fused-ring (bicyclic) bond motifs is 5. The van der Waals surface area contributed by atoms with E-state index in [0.29, 0.717) is 6.42 Å². The van der Waals surface area contributed by atoms with Crippen LogP contribution in [0, 0.1) is 11.6 Å². The van der Waals surface area contributed by atoms with Crippen molar-refractivity contribution in [1.82, 2.24) is 25.4 Å². The molecule has 0 bridgehead atoms. The van der Waals surface area contributed by atoms with E-state index in [0.717, 1.165) is 62.3 Å². The second-order valence-electron chi connectivity index (χ2n) is 11.6. The van der Waals surface area contributed by atoms with Crippen molar-refractivity contribution in [3.8, 4) is 11.1 Å². The van der Waals surface area contributed by atoms with Gasteiger partial charge in [0.15, 0.2) is 11.6 Å². The smallest absolute Gasteiger partial charge is 0.338 e. The molecule has 2 aliphatic heterocycles. The summed E-state index contributed by atoms with van der Waals surface area (Å²) in [6.07, 6.45) is 4.32. The zero-order valence-electron chi connectivity index (χ0n) is 25.6. The number of hydrogen-bond acceptors (Lipinski definition) is 7. The molecule has 10 nitrogen and oxygen atoms in total. The fraction of sp³-hybridized carbons (Fsp3) is 0.353. The number of nitrogens with zero attached hydrogens (tertiary/aromatic N) is 3. The quantitative estimate of drug-likeness (QED) is 0.275. The van der Waals surface area contributed by atoms with Crippen molar-refractivity contribution in [2.45, 2.75) is 30.7 Å². The average molecular weight is 632 g/mol. The number of amides is 4. The molecule has 1 spiro atoms. The van der Waals surface area contributed by atoms with Gasteiger partial charge >= 0.3 is 18.0 Å². The number of rotatable bonds is 8. The summed E-state index contributed by atoms with van der Waals surface area (Å²) in [7, 11) is 2.51. The molecule has 1 fully saturated rings. The Morgan fingerprint density at radius 3 is 2.54 bits per heavy atom. The van der Waals surface area contributed by atoms with Crippen molar-refractivity contribution in [2.75, 3.05) is 47.0 Å². The van der Waals surface area contributed by atoms with Crippen LogP contribution in [0.15, 0.2) is 72.1 Å². The minimum atomic E-state index is -1.38. The lowest BCUT2D eigenvalue weighted by Crippen LogP contribution is -2.55. The first-order chi connectivity index (χ1) is 22.3.